The van der Waals surface area contributed by atoms with Crippen molar-refractivity contribution in [1.82, 2.24) is 15.2 Å². The summed E-state index contributed by atoms with van der Waals surface area (Å²) in [5, 5.41) is 12.3. The molecular weight excluding hydrogens is 348 g/mol. The van der Waals surface area contributed by atoms with Gasteiger partial charge in [0.05, 0.1) is 17.3 Å². The van der Waals surface area contributed by atoms with Crippen LogP contribution in [0.15, 0.2) is 42.6 Å². The first kappa shape index (κ1) is 20.0. The predicted octanol–water partition coefficient (Wildman–Crippen LogP) is 3.86. The number of hydrogen-bond donors (Lipinski definition) is 1. The number of carbonyl (C=O) groups is 1. The van der Waals surface area contributed by atoms with Gasteiger partial charge in [-0.25, -0.2) is 0 Å². The Morgan fingerprint density at radius 3 is 2.50 bits per heavy atom. The molecule has 1 aliphatic rings. The van der Waals surface area contributed by atoms with Crippen molar-refractivity contribution < 1.29 is 4.79 Å². The summed E-state index contributed by atoms with van der Waals surface area (Å²) < 4.78 is 0. The standard InChI is InChI=1S/C23H28N4O/c1-23(2,3)21(16-27-12-4-5-13-27)26-22(28)19-8-6-18(7-9-19)20-14-17(15-24)10-11-25-20/h6-11,14,21H,4-5,12-13,16H2,1-3H3,(H,26,28)/t21-/m1/s1. The normalized spacial score (nSPS) is 15.8. The molecule has 0 spiro atoms. The van der Waals surface area contributed by atoms with Gasteiger partial charge in [-0.1, -0.05) is 32.9 Å². The van der Waals surface area contributed by atoms with E-state index in [9.17, 15) is 4.79 Å². The third-order valence-electron chi connectivity index (χ3n) is 5.32. The topological polar surface area (TPSA) is 69.0 Å². The van der Waals surface area contributed by atoms with Gasteiger partial charge in [0.1, 0.15) is 0 Å². The van der Waals surface area contributed by atoms with E-state index in [0.717, 1.165) is 30.9 Å². The maximum absolute atomic E-state index is 12.8. The van der Waals surface area contributed by atoms with Crippen LogP contribution in [0.1, 0.15) is 49.5 Å². The molecule has 146 valence electrons. The molecule has 28 heavy (non-hydrogen) atoms. The molecule has 1 saturated heterocycles. The van der Waals surface area contributed by atoms with Crippen molar-refractivity contribution >= 4 is 5.91 Å². The molecule has 5 nitrogen and oxygen atoms in total. The van der Waals surface area contributed by atoms with E-state index in [0.29, 0.717) is 11.1 Å². The van der Waals surface area contributed by atoms with Gasteiger partial charge in [0.15, 0.2) is 0 Å². The Balaban J connectivity index is 1.71. The van der Waals surface area contributed by atoms with Gasteiger partial charge in [-0.3, -0.25) is 9.78 Å². The van der Waals surface area contributed by atoms with E-state index in [2.05, 4.69) is 42.0 Å². The fourth-order valence-electron chi connectivity index (χ4n) is 3.45. The monoisotopic (exact) mass is 376 g/mol. The SMILES string of the molecule is CC(C)(C)[C@@H](CN1CCCC1)NC(=O)c1ccc(-c2cc(C#N)ccn2)cc1. The molecule has 0 unspecified atom stereocenters. The van der Waals surface area contributed by atoms with Crippen LogP contribution in [0.4, 0.5) is 0 Å². The lowest BCUT2D eigenvalue weighted by molar-refractivity contribution is 0.0878. The molecule has 2 heterocycles. The van der Waals surface area contributed by atoms with E-state index >= 15 is 0 Å². The van der Waals surface area contributed by atoms with Gasteiger partial charge in [0.25, 0.3) is 5.91 Å². The first-order valence-corrected chi connectivity index (χ1v) is 9.86. The summed E-state index contributed by atoms with van der Waals surface area (Å²) in [6.07, 6.45) is 4.11. The number of nitriles is 1. The summed E-state index contributed by atoms with van der Waals surface area (Å²) in [5.74, 6) is -0.0515. The van der Waals surface area contributed by atoms with Crippen molar-refractivity contribution in [1.29, 1.82) is 5.26 Å². The Morgan fingerprint density at radius 2 is 1.89 bits per heavy atom. The summed E-state index contributed by atoms with van der Waals surface area (Å²) in [5.41, 5.74) is 2.81. The minimum absolute atomic E-state index is 0.0140. The summed E-state index contributed by atoms with van der Waals surface area (Å²) in [4.78, 5) is 19.6. The Bertz CT molecular complexity index is 855. The third-order valence-corrected chi connectivity index (χ3v) is 5.32. The van der Waals surface area contributed by atoms with Crippen molar-refractivity contribution in [2.24, 2.45) is 5.41 Å². The van der Waals surface area contributed by atoms with Gasteiger partial charge < -0.3 is 10.2 Å². The lowest BCUT2D eigenvalue weighted by Crippen LogP contribution is -2.50. The number of likely N-dealkylation sites (tertiary alicyclic amines) is 1. The zero-order valence-corrected chi connectivity index (χ0v) is 16.9. The number of hydrogen-bond acceptors (Lipinski definition) is 4. The minimum Gasteiger partial charge on any atom is -0.347 e. The zero-order valence-electron chi connectivity index (χ0n) is 16.9. The van der Waals surface area contributed by atoms with Crippen LogP contribution in [0.2, 0.25) is 0 Å². The van der Waals surface area contributed by atoms with Crippen LogP contribution in [0.3, 0.4) is 0 Å². The lowest BCUT2D eigenvalue weighted by Gasteiger charge is -2.34. The molecule has 1 fully saturated rings. The molecule has 0 saturated carbocycles. The predicted molar refractivity (Wildman–Crippen MR) is 111 cm³/mol. The first-order chi connectivity index (χ1) is 13.4. The number of rotatable bonds is 5. The largest absolute Gasteiger partial charge is 0.347 e. The molecule has 0 bridgehead atoms. The second-order valence-corrected chi connectivity index (χ2v) is 8.52. The van der Waals surface area contributed by atoms with Crippen molar-refractivity contribution in [3.8, 4) is 17.3 Å². The molecular formula is C23H28N4O. The summed E-state index contributed by atoms with van der Waals surface area (Å²) in [6, 6.07) is 13.0. The lowest BCUT2D eigenvalue weighted by atomic mass is 9.86. The fraction of sp³-hybridized carbons (Fsp3) is 0.435. The maximum Gasteiger partial charge on any atom is 0.251 e. The summed E-state index contributed by atoms with van der Waals surface area (Å²) >= 11 is 0. The molecule has 2 aromatic rings. The van der Waals surface area contributed by atoms with Gasteiger partial charge in [-0.15, -0.1) is 0 Å². The Morgan fingerprint density at radius 1 is 1.21 bits per heavy atom. The third kappa shape index (κ3) is 4.96. The van der Waals surface area contributed by atoms with Gasteiger partial charge in [0.2, 0.25) is 0 Å². The van der Waals surface area contributed by atoms with Crippen molar-refractivity contribution in [3.05, 3.63) is 53.7 Å². The van der Waals surface area contributed by atoms with Crippen LogP contribution in [-0.4, -0.2) is 41.5 Å². The zero-order chi connectivity index (χ0) is 20.1. The van der Waals surface area contributed by atoms with Crippen LogP contribution in [0.5, 0.6) is 0 Å². The molecule has 3 rings (SSSR count). The first-order valence-electron chi connectivity index (χ1n) is 9.86. The Labute approximate surface area is 167 Å². The average molecular weight is 377 g/mol. The van der Waals surface area contributed by atoms with E-state index in [1.54, 1.807) is 18.3 Å². The Kier molecular flexibility index (Phi) is 6.11. The van der Waals surface area contributed by atoms with Gasteiger partial charge in [0, 0.05) is 29.9 Å². The smallest absolute Gasteiger partial charge is 0.251 e. The minimum atomic E-state index is -0.0515. The fourth-order valence-corrected chi connectivity index (χ4v) is 3.45. The van der Waals surface area contributed by atoms with Crippen molar-refractivity contribution in [3.63, 3.8) is 0 Å². The molecule has 0 radical (unpaired) electrons. The highest BCUT2D eigenvalue weighted by atomic mass is 16.1. The highest BCUT2D eigenvalue weighted by Gasteiger charge is 2.29. The quantitative estimate of drug-likeness (QED) is 0.860. The van der Waals surface area contributed by atoms with Crippen molar-refractivity contribution in [2.45, 2.75) is 39.7 Å². The van der Waals surface area contributed by atoms with Gasteiger partial charge in [-0.2, -0.15) is 5.26 Å². The molecule has 5 heteroatoms. The maximum atomic E-state index is 12.8. The molecule has 1 aromatic heterocycles. The van der Waals surface area contributed by atoms with Crippen LogP contribution < -0.4 is 5.32 Å². The molecule has 0 aliphatic carbocycles. The van der Waals surface area contributed by atoms with Crippen LogP contribution in [-0.2, 0) is 0 Å². The number of amides is 1. The Hall–Kier alpha value is -2.71. The number of carbonyl (C=O) groups excluding carboxylic acids is 1. The highest BCUT2D eigenvalue weighted by Crippen LogP contribution is 2.23. The summed E-state index contributed by atoms with van der Waals surface area (Å²) in [7, 11) is 0. The van der Waals surface area contributed by atoms with Crippen molar-refractivity contribution in [2.75, 3.05) is 19.6 Å². The molecule has 1 N–H and O–H groups in total. The highest BCUT2D eigenvalue weighted by molar-refractivity contribution is 5.94. The second-order valence-electron chi connectivity index (χ2n) is 8.52. The number of aromatic nitrogens is 1. The summed E-state index contributed by atoms with van der Waals surface area (Å²) in [6.45, 7) is 9.64. The average Bonchev–Trinajstić information content (AvgIpc) is 3.20. The van der Waals surface area contributed by atoms with Crippen LogP contribution >= 0.6 is 0 Å². The number of benzene rings is 1. The molecule has 1 aromatic carbocycles. The number of pyridine rings is 1. The molecule has 1 amide bonds. The van der Waals surface area contributed by atoms with E-state index in [1.165, 1.54) is 12.8 Å². The van der Waals surface area contributed by atoms with Crippen LogP contribution in [0.25, 0.3) is 11.3 Å². The van der Waals surface area contributed by atoms with Gasteiger partial charge >= 0.3 is 0 Å². The van der Waals surface area contributed by atoms with E-state index in [4.69, 9.17) is 5.26 Å². The van der Waals surface area contributed by atoms with E-state index in [-0.39, 0.29) is 17.4 Å². The molecule has 1 atom stereocenters. The van der Waals surface area contributed by atoms with Gasteiger partial charge in [-0.05, 0) is 55.6 Å². The van der Waals surface area contributed by atoms with Crippen LogP contribution in [0, 0.1) is 16.7 Å². The molecule has 1 aliphatic heterocycles. The van der Waals surface area contributed by atoms with E-state index < -0.39 is 0 Å². The van der Waals surface area contributed by atoms with E-state index in [1.807, 2.05) is 24.3 Å². The second kappa shape index (κ2) is 8.53. The number of nitrogens with zero attached hydrogens (tertiary/aromatic N) is 3. The number of nitrogens with one attached hydrogen (secondary N) is 1.